The Morgan fingerprint density at radius 1 is 0.926 bits per heavy atom. The van der Waals surface area contributed by atoms with E-state index in [1.165, 1.54) is 0 Å². The van der Waals surface area contributed by atoms with Gasteiger partial charge in [-0.2, -0.15) is 0 Å². The van der Waals surface area contributed by atoms with Gasteiger partial charge in [-0.1, -0.05) is 47.0 Å². The fourth-order valence-electron chi connectivity index (χ4n) is 2.05. The summed E-state index contributed by atoms with van der Waals surface area (Å²) < 4.78 is 5.04. The van der Waals surface area contributed by atoms with Crippen molar-refractivity contribution in [3.8, 4) is 0 Å². The zero-order valence-electron chi connectivity index (χ0n) is 14.6. The van der Waals surface area contributed by atoms with Crippen LogP contribution in [0.2, 0.25) is 10.0 Å². The van der Waals surface area contributed by atoms with E-state index in [0.717, 1.165) is 5.56 Å². The van der Waals surface area contributed by atoms with Gasteiger partial charge in [-0.15, -0.1) is 0 Å². The van der Waals surface area contributed by atoms with E-state index in [4.69, 9.17) is 27.9 Å². The first-order chi connectivity index (χ1) is 12.8. The minimum Gasteiger partial charge on any atom is -0.460 e. The van der Waals surface area contributed by atoms with Crippen molar-refractivity contribution in [3.63, 3.8) is 0 Å². The molecule has 8 heteroatoms. The molecule has 0 aromatic heterocycles. The molecular weight excluding hydrogens is 391 g/mol. The zero-order valence-corrected chi connectivity index (χ0v) is 16.1. The molecule has 0 aliphatic heterocycles. The first-order valence-electron chi connectivity index (χ1n) is 8.06. The maximum absolute atomic E-state index is 11.9. The van der Waals surface area contributed by atoms with Crippen LogP contribution in [-0.2, 0) is 20.9 Å². The molecule has 2 aromatic rings. The molecule has 0 saturated carbocycles. The average molecular weight is 409 g/mol. The normalized spacial score (nSPS) is 10.2. The first kappa shape index (κ1) is 20.7. The Morgan fingerprint density at radius 2 is 1.63 bits per heavy atom. The second kappa shape index (κ2) is 9.94. The number of hydrogen-bond acceptors (Lipinski definition) is 4. The van der Waals surface area contributed by atoms with Gasteiger partial charge in [-0.25, -0.2) is 0 Å². The largest absolute Gasteiger partial charge is 0.460 e. The molecule has 0 saturated heterocycles. The van der Waals surface area contributed by atoms with E-state index in [9.17, 15) is 14.4 Å². The molecule has 2 rings (SSSR count). The maximum atomic E-state index is 11.9. The lowest BCUT2D eigenvalue weighted by molar-refractivity contribution is -0.145. The molecule has 0 unspecified atom stereocenters. The average Bonchev–Trinajstić information content (AvgIpc) is 2.66. The number of rotatable bonds is 7. The molecule has 0 aliphatic carbocycles. The lowest BCUT2D eigenvalue weighted by Crippen LogP contribution is -2.39. The molecule has 27 heavy (non-hydrogen) atoms. The van der Waals surface area contributed by atoms with Gasteiger partial charge in [0.15, 0.2) is 0 Å². The Hall–Kier alpha value is -2.57. The van der Waals surface area contributed by atoms with Crippen molar-refractivity contribution in [2.24, 2.45) is 0 Å². The van der Waals surface area contributed by atoms with Gasteiger partial charge in [-0.05, 0) is 36.8 Å². The number of benzene rings is 2. The predicted molar refractivity (Wildman–Crippen MR) is 103 cm³/mol. The summed E-state index contributed by atoms with van der Waals surface area (Å²) >= 11 is 11.7. The van der Waals surface area contributed by atoms with Crippen LogP contribution in [0.5, 0.6) is 0 Å². The SMILES string of the molecule is Cc1ccc(C(=O)NCC(=O)NCC(=O)OCc2ccc(Cl)c(Cl)c2)cc1. The van der Waals surface area contributed by atoms with E-state index < -0.39 is 11.9 Å². The lowest BCUT2D eigenvalue weighted by atomic mass is 10.1. The van der Waals surface area contributed by atoms with E-state index in [1.807, 2.05) is 6.92 Å². The van der Waals surface area contributed by atoms with Crippen LogP contribution in [0.4, 0.5) is 0 Å². The molecule has 2 aromatic carbocycles. The number of halogens is 2. The third kappa shape index (κ3) is 6.92. The third-order valence-electron chi connectivity index (χ3n) is 3.54. The summed E-state index contributed by atoms with van der Waals surface area (Å²) in [5.41, 5.74) is 2.16. The summed E-state index contributed by atoms with van der Waals surface area (Å²) in [7, 11) is 0. The predicted octanol–water partition coefficient (Wildman–Crippen LogP) is 2.89. The Bertz CT molecular complexity index is 838. The summed E-state index contributed by atoms with van der Waals surface area (Å²) in [5.74, 6) is -1.48. The Labute approximate surface area is 166 Å². The van der Waals surface area contributed by atoms with Gasteiger partial charge in [0.25, 0.3) is 5.91 Å². The Kier molecular flexibility index (Phi) is 7.64. The highest BCUT2D eigenvalue weighted by molar-refractivity contribution is 6.42. The van der Waals surface area contributed by atoms with E-state index in [0.29, 0.717) is 21.2 Å². The number of carbonyl (C=O) groups excluding carboxylic acids is 3. The second-order valence-electron chi connectivity index (χ2n) is 5.73. The number of carbonyl (C=O) groups is 3. The summed E-state index contributed by atoms with van der Waals surface area (Å²) in [6.45, 7) is 1.37. The minimum absolute atomic E-state index is 0.00968. The van der Waals surface area contributed by atoms with Gasteiger partial charge < -0.3 is 15.4 Å². The number of aryl methyl sites for hydroxylation is 1. The molecule has 2 amide bonds. The van der Waals surface area contributed by atoms with Crippen LogP contribution < -0.4 is 10.6 Å². The first-order valence-corrected chi connectivity index (χ1v) is 8.82. The van der Waals surface area contributed by atoms with Crippen molar-refractivity contribution < 1.29 is 19.1 Å². The van der Waals surface area contributed by atoms with Crippen LogP contribution in [-0.4, -0.2) is 30.9 Å². The van der Waals surface area contributed by atoms with Crippen molar-refractivity contribution in [3.05, 3.63) is 69.2 Å². The second-order valence-corrected chi connectivity index (χ2v) is 6.55. The number of esters is 1. The smallest absolute Gasteiger partial charge is 0.325 e. The third-order valence-corrected chi connectivity index (χ3v) is 4.28. The highest BCUT2D eigenvalue weighted by atomic mass is 35.5. The van der Waals surface area contributed by atoms with Gasteiger partial charge in [0, 0.05) is 5.56 Å². The van der Waals surface area contributed by atoms with E-state index >= 15 is 0 Å². The van der Waals surface area contributed by atoms with E-state index in [-0.39, 0.29) is 25.6 Å². The van der Waals surface area contributed by atoms with Crippen LogP contribution in [0, 0.1) is 6.92 Å². The number of nitrogens with one attached hydrogen (secondary N) is 2. The fraction of sp³-hybridized carbons (Fsp3) is 0.211. The van der Waals surface area contributed by atoms with Gasteiger partial charge in [-0.3, -0.25) is 14.4 Å². The fourth-order valence-corrected chi connectivity index (χ4v) is 2.37. The molecule has 0 atom stereocenters. The topological polar surface area (TPSA) is 84.5 Å². The van der Waals surface area contributed by atoms with Gasteiger partial charge in [0.05, 0.1) is 16.6 Å². The molecule has 0 bridgehead atoms. The van der Waals surface area contributed by atoms with Crippen LogP contribution in [0.1, 0.15) is 21.5 Å². The molecule has 2 N–H and O–H groups in total. The number of ether oxygens (including phenoxy) is 1. The molecule has 0 fully saturated rings. The van der Waals surface area contributed by atoms with E-state index in [1.54, 1.807) is 42.5 Å². The lowest BCUT2D eigenvalue weighted by Gasteiger charge is -2.08. The summed E-state index contributed by atoms with van der Waals surface area (Å²) in [4.78, 5) is 35.3. The molecule has 6 nitrogen and oxygen atoms in total. The number of amides is 2. The van der Waals surface area contributed by atoms with E-state index in [2.05, 4.69) is 10.6 Å². The van der Waals surface area contributed by atoms with Gasteiger partial charge >= 0.3 is 5.97 Å². The van der Waals surface area contributed by atoms with Crippen molar-refractivity contribution in [2.45, 2.75) is 13.5 Å². The quantitative estimate of drug-likeness (QED) is 0.689. The minimum atomic E-state index is -0.612. The van der Waals surface area contributed by atoms with Crippen molar-refractivity contribution in [2.75, 3.05) is 13.1 Å². The monoisotopic (exact) mass is 408 g/mol. The van der Waals surface area contributed by atoms with Crippen LogP contribution >= 0.6 is 23.2 Å². The highest BCUT2D eigenvalue weighted by Gasteiger charge is 2.10. The Balaban J connectivity index is 1.68. The molecular formula is C19H18Cl2N2O4. The molecule has 0 spiro atoms. The molecule has 0 heterocycles. The highest BCUT2D eigenvalue weighted by Crippen LogP contribution is 2.22. The molecule has 0 aliphatic rings. The van der Waals surface area contributed by atoms with Gasteiger partial charge in [0.1, 0.15) is 13.2 Å². The number of hydrogen-bond donors (Lipinski definition) is 2. The van der Waals surface area contributed by atoms with Gasteiger partial charge in [0.2, 0.25) is 5.91 Å². The van der Waals surface area contributed by atoms with Crippen molar-refractivity contribution in [1.82, 2.24) is 10.6 Å². The van der Waals surface area contributed by atoms with Crippen LogP contribution in [0.15, 0.2) is 42.5 Å². The molecule has 142 valence electrons. The summed E-state index contributed by atoms with van der Waals surface area (Å²) in [5, 5.41) is 5.63. The van der Waals surface area contributed by atoms with Crippen molar-refractivity contribution in [1.29, 1.82) is 0 Å². The maximum Gasteiger partial charge on any atom is 0.325 e. The summed E-state index contributed by atoms with van der Waals surface area (Å²) in [6.07, 6.45) is 0. The van der Waals surface area contributed by atoms with Crippen LogP contribution in [0.25, 0.3) is 0 Å². The van der Waals surface area contributed by atoms with Crippen LogP contribution in [0.3, 0.4) is 0 Å². The van der Waals surface area contributed by atoms with Crippen molar-refractivity contribution >= 4 is 41.0 Å². The molecule has 0 radical (unpaired) electrons. The Morgan fingerprint density at radius 3 is 2.30 bits per heavy atom. The summed E-state index contributed by atoms with van der Waals surface area (Å²) in [6, 6.07) is 11.8. The standard InChI is InChI=1S/C19H18Cl2N2O4/c1-12-2-5-14(6-3-12)19(26)23-9-17(24)22-10-18(25)27-11-13-4-7-15(20)16(21)8-13/h2-8H,9-11H2,1H3,(H,22,24)(H,23,26). The zero-order chi connectivity index (χ0) is 19.8.